The van der Waals surface area contributed by atoms with E-state index in [0.29, 0.717) is 24.3 Å². The highest BCUT2D eigenvalue weighted by atomic mass is 16.5. The molecule has 1 heterocycles. The van der Waals surface area contributed by atoms with Gasteiger partial charge in [0, 0.05) is 53.5 Å². The van der Waals surface area contributed by atoms with Gasteiger partial charge in [-0.25, -0.2) is 0 Å². The number of hydrogen-bond acceptors (Lipinski definition) is 5. The van der Waals surface area contributed by atoms with Gasteiger partial charge in [0.05, 0.1) is 0 Å². The predicted molar refractivity (Wildman–Crippen MR) is 157 cm³/mol. The summed E-state index contributed by atoms with van der Waals surface area (Å²) >= 11 is 0. The van der Waals surface area contributed by atoms with Crippen molar-refractivity contribution in [2.45, 2.75) is 73.1 Å². The molecular weight excluding hydrogens is 500 g/mol. The number of amides is 1. The van der Waals surface area contributed by atoms with Crippen LogP contribution in [0.5, 0.6) is 5.75 Å². The highest BCUT2D eigenvalue weighted by molar-refractivity contribution is 6.06. The first-order chi connectivity index (χ1) is 18.9. The number of rotatable bonds is 6. The zero-order chi connectivity index (χ0) is 28.8. The van der Waals surface area contributed by atoms with Crippen molar-refractivity contribution in [1.29, 1.82) is 0 Å². The summed E-state index contributed by atoms with van der Waals surface area (Å²) in [5.74, 6) is 0.0797. The van der Waals surface area contributed by atoms with Crippen molar-refractivity contribution < 1.29 is 19.1 Å². The first-order valence-corrected chi connectivity index (χ1v) is 14.3. The lowest BCUT2D eigenvalue weighted by Gasteiger charge is -2.48. The zero-order valence-corrected chi connectivity index (χ0v) is 24.5. The average Bonchev–Trinajstić information content (AvgIpc) is 2.86. The third-order valence-corrected chi connectivity index (χ3v) is 8.23. The first kappa shape index (κ1) is 27.9. The maximum absolute atomic E-state index is 13.8. The maximum atomic E-state index is 13.8. The van der Waals surface area contributed by atoms with Crippen LogP contribution in [0, 0.1) is 17.8 Å². The van der Waals surface area contributed by atoms with Crippen LogP contribution >= 0.6 is 0 Å². The molecule has 40 heavy (non-hydrogen) atoms. The molecule has 2 aromatic carbocycles. The molecule has 0 saturated carbocycles. The summed E-state index contributed by atoms with van der Waals surface area (Å²) in [6.45, 7) is 13.3. The minimum Gasteiger partial charge on any atom is -0.484 e. The Labute approximate surface area is 237 Å². The fourth-order valence-electron chi connectivity index (χ4n) is 6.53. The summed E-state index contributed by atoms with van der Waals surface area (Å²) in [6, 6.07) is 15.2. The van der Waals surface area contributed by atoms with Gasteiger partial charge < -0.3 is 15.0 Å². The van der Waals surface area contributed by atoms with E-state index >= 15 is 0 Å². The van der Waals surface area contributed by atoms with Crippen molar-refractivity contribution in [1.82, 2.24) is 4.90 Å². The van der Waals surface area contributed by atoms with Gasteiger partial charge in [0.2, 0.25) is 0 Å². The summed E-state index contributed by atoms with van der Waals surface area (Å²) in [7, 11) is 0. The number of ether oxygens (including phenoxy) is 1. The third kappa shape index (κ3) is 5.49. The van der Waals surface area contributed by atoms with E-state index in [9.17, 15) is 14.4 Å². The molecule has 0 bridgehead atoms. The van der Waals surface area contributed by atoms with E-state index in [1.165, 1.54) is 0 Å². The van der Waals surface area contributed by atoms with E-state index in [1.54, 1.807) is 0 Å². The second-order valence-corrected chi connectivity index (χ2v) is 13.1. The van der Waals surface area contributed by atoms with Gasteiger partial charge in [0.1, 0.15) is 5.75 Å². The molecule has 2 aliphatic carbocycles. The highest BCUT2D eigenvalue weighted by Gasteiger charge is 2.48. The van der Waals surface area contributed by atoms with Crippen molar-refractivity contribution >= 4 is 23.2 Å². The molecule has 1 aliphatic heterocycles. The number of benzene rings is 2. The van der Waals surface area contributed by atoms with E-state index in [0.717, 1.165) is 53.1 Å². The van der Waals surface area contributed by atoms with Crippen LogP contribution in [0.2, 0.25) is 0 Å². The lowest BCUT2D eigenvalue weighted by Crippen LogP contribution is -2.44. The Kier molecular flexibility index (Phi) is 7.24. The number of aryl methyl sites for hydroxylation is 1. The summed E-state index contributed by atoms with van der Waals surface area (Å²) in [5, 5.41) is 2.86. The van der Waals surface area contributed by atoms with E-state index in [1.807, 2.05) is 55.5 Å². The topological polar surface area (TPSA) is 75.7 Å². The van der Waals surface area contributed by atoms with Gasteiger partial charge >= 0.3 is 0 Å². The molecule has 0 aromatic heterocycles. The van der Waals surface area contributed by atoms with Crippen LogP contribution in [0.3, 0.4) is 0 Å². The first-order valence-electron chi connectivity index (χ1n) is 14.3. The van der Waals surface area contributed by atoms with Gasteiger partial charge in [0.25, 0.3) is 5.91 Å². The SMILES string of the molecule is CCN1C2=C(C(=O)CC(C)(C)C2)C(c2cccc(OCC(=O)Nc3ccc(C)cc3)c2)C2=C1CC(C)(C)CC2=O. The number of ketones is 2. The number of allylic oxidation sites excluding steroid dienone is 4. The lowest BCUT2D eigenvalue weighted by atomic mass is 9.63. The van der Waals surface area contributed by atoms with Crippen molar-refractivity contribution in [3.63, 3.8) is 0 Å². The molecule has 1 amide bonds. The van der Waals surface area contributed by atoms with Crippen LogP contribution in [0.4, 0.5) is 5.69 Å². The Hall–Kier alpha value is -3.67. The van der Waals surface area contributed by atoms with E-state index in [-0.39, 0.29) is 34.9 Å². The fourth-order valence-corrected chi connectivity index (χ4v) is 6.53. The molecule has 0 radical (unpaired) electrons. The monoisotopic (exact) mass is 540 g/mol. The average molecular weight is 541 g/mol. The van der Waals surface area contributed by atoms with E-state index in [4.69, 9.17) is 4.74 Å². The van der Waals surface area contributed by atoms with Gasteiger partial charge in [-0.15, -0.1) is 0 Å². The van der Waals surface area contributed by atoms with Gasteiger partial charge in [0.15, 0.2) is 18.2 Å². The van der Waals surface area contributed by atoms with Crippen molar-refractivity contribution in [2.24, 2.45) is 10.8 Å². The van der Waals surface area contributed by atoms with Crippen LogP contribution in [-0.4, -0.2) is 35.5 Å². The molecule has 210 valence electrons. The molecule has 2 aromatic rings. The zero-order valence-electron chi connectivity index (χ0n) is 24.5. The second-order valence-electron chi connectivity index (χ2n) is 13.1. The summed E-state index contributed by atoms with van der Waals surface area (Å²) < 4.78 is 5.90. The van der Waals surface area contributed by atoms with Crippen LogP contribution in [-0.2, 0) is 14.4 Å². The smallest absolute Gasteiger partial charge is 0.262 e. The third-order valence-electron chi connectivity index (χ3n) is 8.23. The molecule has 6 heteroatoms. The summed E-state index contributed by atoms with van der Waals surface area (Å²) in [5.41, 5.74) is 6.02. The largest absolute Gasteiger partial charge is 0.484 e. The Morgan fingerprint density at radius 3 is 2.02 bits per heavy atom. The molecule has 0 atom stereocenters. The Morgan fingerprint density at radius 1 is 0.900 bits per heavy atom. The van der Waals surface area contributed by atoms with Gasteiger partial charge in [-0.1, -0.05) is 57.5 Å². The van der Waals surface area contributed by atoms with Crippen LogP contribution < -0.4 is 10.1 Å². The fraction of sp³-hybridized carbons (Fsp3) is 0.441. The summed E-state index contributed by atoms with van der Waals surface area (Å²) in [6.07, 6.45) is 2.49. The van der Waals surface area contributed by atoms with Crippen LogP contribution in [0.1, 0.15) is 77.3 Å². The number of nitrogens with zero attached hydrogens (tertiary/aromatic N) is 1. The number of nitrogens with one attached hydrogen (secondary N) is 1. The summed E-state index contributed by atoms with van der Waals surface area (Å²) in [4.78, 5) is 42.4. The number of Topliss-reactive ketones (excluding diaryl/α,β-unsaturated/α-hetero) is 2. The Bertz CT molecular complexity index is 1370. The van der Waals surface area contributed by atoms with Gasteiger partial charge in [-0.2, -0.15) is 0 Å². The normalized spacial score (nSPS) is 20.3. The minimum absolute atomic E-state index is 0.114. The standard InChI is InChI=1S/C34H40N2O4/c1-7-36-25-16-33(3,4)18-27(37)31(25)30(32-26(36)17-34(5,6)19-28(32)38)22-9-8-10-24(15-22)40-20-29(39)35-23-13-11-21(2)12-14-23/h8-15,30H,7,16-20H2,1-6H3,(H,35,39). The number of carbonyl (C=O) groups is 3. The number of carbonyl (C=O) groups excluding carboxylic acids is 3. The molecule has 0 spiro atoms. The molecule has 3 aliphatic rings. The van der Waals surface area contributed by atoms with Crippen LogP contribution in [0.25, 0.3) is 0 Å². The quantitative estimate of drug-likeness (QED) is 0.440. The van der Waals surface area contributed by atoms with Crippen LogP contribution in [0.15, 0.2) is 71.1 Å². The number of anilines is 1. The molecule has 0 fully saturated rings. The second kappa shape index (κ2) is 10.4. The molecular formula is C34H40N2O4. The molecule has 5 rings (SSSR count). The number of hydrogen-bond donors (Lipinski definition) is 1. The minimum atomic E-state index is -0.426. The van der Waals surface area contributed by atoms with Crippen molar-refractivity contribution in [3.05, 3.63) is 82.2 Å². The van der Waals surface area contributed by atoms with Gasteiger partial charge in [-0.3, -0.25) is 14.4 Å². The molecule has 6 nitrogen and oxygen atoms in total. The Balaban J connectivity index is 1.49. The van der Waals surface area contributed by atoms with Crippen molar-refractivity contribution in [2.75, 3.05) is 18.5 Å². The lowest BCUT2D eigenvalue weighted by molar-refractivity contribution is -0.120. The molecule has 1 N–H and O–H groups in total. The Morgan fingerprint density at radius 2 is 1.48 bits per heavy atom. The van der Waals surface area contributed by atoms with E-state index in [2.05, 4.69) is 44.8 Å². The van der Waals surface area contributed by atoms with Gasteiger partial charge in [-0.05, 0) is 67.3 Å². The molecule has 0 unspecified atom stereocenters. The van der Waals surface area contributed by atoms with Crippen molar-refractivity contribution in [3.8, 4) is 5.75 Å². The maximum Gasteiger partial charge on any atom is 0.262 e. The van der Waals surface area contributed by atoms with E-state index < -0.39 is 5.92 Å². The molecule has 0 saturated heterocycles. The highest BCUT2D eigenvalue weighted by Crippen LogP contribution is 2.54. The predicted octanol–water partition coefficient (Wildman–Crippen LogP) is 6.72.